The van der Waals surface area contributed by atoms with Gasteiger partial charge in [0.05, 0.1) is 24.9 Å². The van der Waals surface area contributed by atoms with Gasteiger partial charge in [0.15, 0.2) is 0 Å². The molecule has 2 saturated heterocycles. The summed E-state index contributed by atoms with van der Waals surface area (Å²) >= 11 is 0. The summed E-state index contributed by atoms with van der Waals surface area (Å²) < 4.78 is 18.0. The Hall–Kier alpha value is -0.650. The minimum absolute atomic E-state index is 0.190. The number of hydrogen-bond donors (Lipinski definition) is 1. The maximum Gasteiger partial charge on any atom is 0.303 e. The molecule has 2 heterocycles. The topological polar surface area (TPSA) is 65.0 Å². The van der Waals surface area contributed by atoms with E-state index in [1.165, 1.54) is 44.9 Å². The lowest BCUT2D eigenvalue weighted by atomic mass is 9.78. The lowest BCUT2D eigenvalue weighted by Crippen LogP contribution is -2.33. The maximum absolute atomic E-state index is 10.5. The van der Waals surface area contributed by atoms with E-state index >= 15 is 0 Å². The van der Waals surface area contributed by atoms with E-state index in [-0.39, 0.29) is 6.42 Å². The van der Waals surface area contributed by atoms with Gasteiger partial charge in [-0.2, -0.15) is 0 Å². The van der Waals surface area contributed by atoms with Crippen LogP contribution in [0.25, 0.3) is 0 Å². The van der Waals surface area contributed by atoms with Gasteiger partial charge in [-0.3, -0.25) is 4.79 Å². The van der Waals surface area contributed by atoms with Crippen LogP contribution in [-0.4, -0.2) is 49.2 Å². The van der Waals surface area contributed by atoms with E-state index in [2.05, 4.69) is 0 Å². The second-order valence-corrected chi connectivity index (χ2v) is 7.61. The quantitative estimate of drug-likeness (QED) is 0.618. The maximum atomic E-state index is 10.5. The predicted molar refractivity (Wildman–Crippen MR) is 90.0 cm³/mol. The molecule has 0 aromatic carbocycles. The van der Waals surface area contributed by atoms with Gasteiger partial charge in [-0.25, -0.2) is 0 Å². The van der Waals surface area contributed by atoms with Gasteiger partial charge in [0, 0.05) is 25.6 Å². The normalized spacial score (nSPS) is 33.2. The van der Waals surface area contributed by atoms with E-state index in [9.17, 15) is 4.79 Å². The van der Waals surface area contributed by atoms with Crippen LogP contribution in [0.4, 0.5) is 0 Å². The van der Waals surface area contributed by atoms with Crippen LogP contribution in [0.2, 0.25) is 0 Å². The minimum atomic E-state index is -0.750. The Bertz CT molecular complexity index is 393. The van der Waals surface area contributed by atoms with Crippen molar-refractivity contribution >= 4 is 5.97 Å². The van der Waals surface area contributed by atoms with Crippen molar-refractivity contribution in [2.24, 2.45) is 11.8 Å². The first-order chi connectivity index (χ1) is 11.7. The van der Waals surface area contributed by atoms with E-state index in [1.54, 1.807) is 0 Å². The first-order valence-corrected chi connectivity index (χ1v) is 9.80. The highest BCUT2D eigenvalue weighted by molar-refractivity contribution is 5.66. The molecule has 0 aromatic rings. The Balaban J connectivity index is 1.37. The molecular formula is C19H32O5. The number of carboxylic acids is 1. The Morgan fingerprint density at radius 3 is 2.50 bits per heavy atom. The van der Waals surface area contributed by atoms with Crippen LogP contribution in [0.15, 0.2) is 0 Å². The monoisotopic (exact) mass is 340 g/mol. The Morgan fingerprint density at radius 1 is 1.00 bits per heavy atom. The summed E-state index contributed by atoms with van der Waals surface area (Å²) in [6.45, 7) is 2.09. The van der Waals surface area contributed by atoms with E-state index in [0.717, 1.165) is 13.0 Å². The van der Waals surface area contributed by atoms with E-state index in [1.807, 2.05) is 0 Å². The predicted octanol–water partition coefficient (Wildman–Crippen LogP) is 3.40. The fourth-order valence-corrected chi connectivity index (χ4v) is 4.63. The number of aliphatic carboxylic acids is 1. The van der Waals surface area contributed by atoms with Crippen LogP contribution >= 0.6 is 0 Å². The fraction of sp³-hybridized carbons (Fsp3) is 0.947. The zero-order chi connectivity index (χ0) is 16.8. The summed E-state index contributed by atoms with van der Waals surface area (Å²) in [4.78, 5) is 10.5. The second-order valence-electron chi connectivity index (χ2n) is 7.61. The molecule has 0 radical (unpaired) electrons. The van der Waals surface area contributed by atoms with Crippen molar-refractivity contribution in [3.63, 3.8) is 0 Å². The number of rotatable bonds is 10. The van der Waals surface area contributed by atoms with Gasteiger partial charge in [-0.1, -0.05) is 19.3 Å². The zero-order valence-corrected chi connectivity index (χ0v) is 14.7. The van der Waals surface area contributed by atoms with Gasteiger partial charge in [0.1, 0.15) is 0 Å². The molecule has 3 rings (SSSR count). The van der Waals surface area contributed by atoms with Crippen LogP contribution in [0.5, 0.6) is 0 Å². The van der Waals surface area contributed by atoms with Gasteiger partial charge in [-0.05, 0) is 44.4 Å². The molecule has 138 valence electrons. The van der Waals surface area contributed by atoms with E-state index in [4.69, 9.17) is 19.3 Å². The molecular weight excluding hydrogens is 308 g/mol. The van der Waals surface area contributed by atoms with Gasteiger partial charge in [0.25, 0.3) is 0 Å². The lowest BCUT2D eigenvalue weighted by Gasteiger charge is -2.30. The molecule has 3 fully saturated rings. The first kappa shape index (κ1) is 18.2. The molecule has 1 aliphatic carbocycles. The van der Waals surface area contributed by atoms with E-state index < -0.39 is 5.97 Å². The summed E-state index contributed by atoms with van der Waals surface area (Å²) in [5, 5.41) is 8.63. The lowest BCUT2D eigenvalue weighted by molar-refractivity contribution is -0.137. The average Bonchev–Trinajstić information content (AvgIpc) is 3.18. The summed E-state index contributed by atoms with van der Waals surface area (Å²) in [5.74, 6) is 0.320. The van der Waals surface area contributed by atoms with Gasteiger partial charge in [0.2, 0.25) is 0 Å². The highest BCUT2D eigenvalue weighted by Gasteiger charge is 2.48. The molecule has 5 nitrogen and oxygen atoms in total. The van der Waals surface area contributed by atoms with E-state index in [0.29, 0.717) is 49.8 Å². The van der Waals surface area contributed by atoms with Crippen LogP contribution in [0, 0.1) is 11.8 Å². The smallest absolute Gasteiger partial charge is 0.303 e. The van der Waals surface area contributed by atoms with Crippen LogP contribution in [0.3, 0.4) is 0 Å². The van der Waals surface area contributed by atoms with Crippen molar-refractivity contribution in [1.29, 1.82) is 0 Å². The molecule has 0 unspecified atom stereocenters. The Labute approximate surface area is 145 Å². The number of ether oxygens (including phenoxy) is 3. The molecule has 5 heteroatoms. The van der Waals surface area contributed by atoms with Gasteiger partial charge >= 0.3 is 5.97 Å². The van der Waals surface area contributed by atoms with Gasteiger partial charge < -0.3 is 19.3 Å². The van der Waals surface area contributed by atoms with Crippen molar-refractivity contribution < 1.29 is 24.1 Å². The third-order valence-electron chi connectivity index (χ3n) is 5.94. The van der Waals surface area contributed by atoms with Crippen molar-refractivity contribution in [3.8, 4) is 0 Å². The molecule has 0 spiro atoms. The molecule has 1 N–H and O–H groups in total. The van der Waals surface area contributed by atoms with Crippen molar-refractivity contribution in [1.82, 2.24) is 0 Å². The van der Waals surface area contributed by atoms with Crippen molar-refractivity contribution in [3.05, 3.63) is 0 Å². The Kier molecular flexibility index (Phi) is 6.93. The molecule has 3 aliphatic rings. The summed E-state index contributed by atoms with van der Waals surface area (Å²) in [5.41, 5.74) is 0. The number of hydrogen-bond acceptors (Lipinski definition) is 4. The van der Waals surface area contributed by atoms with Crippen molar-refractivity contribution in [2.75, 3.05) is 19.8 Å². The molecule has 4 atom stereocenters. The zero-order valence-electron chi connectivity index (χ0n) is 14.7. The highest BCUT2D eigenvalue weighted by Crippen LogP contribution is 2.45. The standard InChI is InChI=1S/C19H32O5/c20-19(21)7-4-11-22-12-10-15-16(18-9-8-17(15)24-18)13-23-14-5-2-1-3-6-14/h14-18H,1-13H2,(H,20,21)/t15-,16+,17-,18+/m0/s1. The summed E-state index contributed by atoms with van der Waals surface area (Å²) in [7, 11) is 0. The van der Waals surface area contributed by atoms with Crippen LogP contribution < -0.4 is 0 Å². The molecule has 2 aliphatic heterocycles. The second kappa shape index (κ2) is 9.16. The fourth-order valence-electron chi connectivity index (χ4n) is 4.63. The molecule has 2 bridgehead atoms. The summed E-state index contributed by atoms with van der Waals surface area (Å²) in [6.07, 6.45) is 11.8. The highest BCUT2D eigenvalue weighted by atomic mass is 16.5. The number of carboxylic acid groups (broad SMARTS) is 1. The largest absolute Gasteiger partial charge is 0.481 e. The summed E-state index contributed by atoms with van der Waals surface area (Å²) in [6, 6.07) is 0. The molecule has 0 amide bonds. The third kappa shape index (κ3) is 4.93. The average molecular weight is 340 g/mol. The van der Waals surface area contributed by atoms with Crippen LogP contribution in [-0.2, 0) is 19.0 Å². The number of carbonyl (C=O) groups is 1. The molecule has 24 heavy (non-hydrogen) atoms. The van der Waals surface area contributed by atoms with Crippen LogP contribution in [0.1, 0.15) is 64.2 Å². The molecule has 1 saturated carbocycles. The van der Waals surface area contributed by atoms with Crippen molar-refractivity contribution in [2.45, 2.75) is 82.5 Å². The molecule has 0 aromatic heterocycles. The SMILES string of the molecule is O=C(O)CCCOCC[C@H]1[C@@H](COC2CCCCC2)[C@H]2CC[C@@H]1O2. The van der Waals surface area contributed by atoms with Gasteiger partial charge in [-0.15, -0.1) is 0 Å². The third-order valence-corrected chi connectivity index (χ3v) is 5.94. The number of fused-ring (bicyclic) bond motifs is 2. The first-order valence-electron chi connectivity index (χ1n) is 9.80. The Morgan fingerprint density at radius 2 is 1.75 bits per heavy atom. The minimum Gasteiger partial charge on any atom is -0.481 e.